The van der Waals surface area contributed by atoms with Gasteiger partial charge in [-0.25, -0.2) is 9.31 Å². The number of benzene rings is 1. The molecule has 4 aromatic rings. The van der Waals surface area contributed by atoms with Crippen LogP contribution in [0, 0.1) is 6.92 Å². The molecule has 31 heavy (non-hydrogen) atoms. The van der Waals surface area contributed by atoms with E-state index in [0.29, 0.717) is 11.3 Å². The highest BCUT2D eigenvalue weighted by atomic mass is 28.3. The largest absolute Gasteiger partial charge is 0.463 e. The third kappa shape index (κ3) is 3.71. The van der Waals surface area contributed by atoms with Gasteiger partial charge in [0, 0.05) is 16.4 Å². The number of carbonyl (C=O) groups excluding carboxylic acids is 1. The number of hydrogen-bond donors (Lipinski definition) is 1. The summed E-state index contributed by atoms with van der Waals surface area (Å²) >= 11 is 0. The number of aryl methyl sites for hydroxylation is 1. The smallest absolute Gasteiger partial charge is 0.373 e. The fraction of sp³-hybridized carbons (Fsp3) is 0.250. The van der Waals surface area contributed by atoms with Gasteiger partial charge in [-0.15, -0.1) is 0 Å². The summed E-state index contributed by atoms with van der Waals surface area (Å²) in [5.41, 5.74) is 4.25. The standard InChI is InChI=1S/C24H26N2O4Si/c1-15-11-12-17-20(22(27)18-13-14-19(30-18)24(28)29-2)21(16-9-7-6-8-10-16)25-26(17)23(15)31(3,4)5/h6-14,22,27H,1-5H3. The SMILES string of the molecule is COC(=O)c1ccc(C(O)c2c(-c3ccccc3)nn3c([Si](C)(C)C)c(C)ccc23)o1. The average Bonchev–Trinajstić information content (AvgIpc) is 3.37. The van der Waals surface area contributed by atoms with Crippen LogP contribution in [-0.2, 0) is 4.74 Å². The van der Waals surface area contributed by atoms with E-state index < -0.39 is 20.1 Å². The van der Waals surface area contributed by atoms with E-state index >= 15 is 0 Å². The molecule has 3 aromatic heterocycles. The zero-order valence-electron chi connectivity index (χ0n) is 18.3. The third-order valence-electron chi connectivity index (χ3n) is 5.35. The number of nitrogens with zero attached hydrogens (tertiary/aromatic N) is 2. The number of hydrogen-bond acceptors (Lipinski definition) is 5. The highest BCUT2D eigenvalue weighted by molar-refractivity contribution is 6.88. The molecule has 0 saturated heterocycles. The van der Waals surface area contributed by atoms with Crippen LogP contribution in [0.1, 0.15) is 33.5 Å². The fourth-order valence-electron chi connectivity index (χ4n) is 4.06. The summed E-state index contributed by atoms with van der Waals surface area (Å²) in [5.74, 6) is -0.270. The van der Waals surface area contributed by atoms with Crippen molar-refractivity contribution in [3.8, 4) is 11.3 Å². The van der Waals surface area contributed by atoms with Gasteiger partial charge in [0.2, 0.25) is 5.76 Å². The zero-order chi connectivity index (χ0) is 22.3. The maximum Gasteiger partial charge on any atom is 0.373 e. The van der Waals surface area contributed by atoms with Crippen molar-refractivity contribution in [2.24, 2.45) is 0 Å². The maximum atomic E-state index is 11.8. The van der Waals surface area contributed by atoms with E-state index in [4.69, 9.17) is 14.3 Å². The minimum Gasteiger partial charge on any atom is -0.463 e. The second-order valence-corrected chi connectivity index (χ2v) is 13.6. The highest BCUT2D eigenvalue weighted by Gasteiger charge is 2.30. The molecule has 7 heteroatoms. The number of carbonyl (C=O) groups is 1. The molecule has 4 rings (SSSR count). The Bertz CT molecular complexity index is 1250. The summed E-state index contributed by atoms with van der Waals surface area (Å²) in [6, 6.07) is 17.0. The van der Waals surface area contributed by atoms with Gasteiger partial charge >= 0.3 is 5.97 Å². The Labute approximate surface area is 182 Å². The average molecular weight is 435 g/mol. The molecule has 0 fully saturated rings. The number of aromatic nitrogens is 2. The molecule has 0 bridgehead atoms. The Morgan fingerprint density at radius 3 is 2.45 bits per heavy atom. The van der Waals surface area contributed by atoms with Crippen molar-refractivity contribution in [1.29, 1.82) is 0 Å². The van der Waals surface area contributed by atoms with E-state index in [9.17, 15) is 9.90 Å². The number of aliphatic hydroxyl groups is 1. The minimum absolute atomic E-state index is 0.0490. The van der Waals surface area contributed by atoms with Crippen LogP contribution in [0.3, 0.4) is 0 Å². The quantitative estimate of drug-likeness (QED) is 0.374. The molecule has 0 radical (unpaired) electrons. The number of ether oxygens (including phenoxy) is 1. The first-order valence-corrected chi connectivity index (χ1v) is 13.7. The molecule has 0 spiro atoms. The maximum absolute atomic E-state index is 11.8. The van der Waals surface area contributed by atoms with Crippen LogP contribution >= 0.6 is 0 Å². The normalized spacial score (nSPS) is 12.8. The first kappa shape index (κ1) is 21.1. The molecule has 0 aliphatic carbocycles. The van der Waals surface area contributed by atoms with Crippen molar-refractivity contribution >= 4 is 24.9 Å². The Kier molecular flexibility index (Phi) is 5.32. The molecular formula is C24H26N2O4Si. The predicted octanol–water partition coefficient (Wildman–Crippen LogP) is 4.32. The van der Waals surface area contributed by atoms with E-state index in [-0.39, 0.29) is 11.5 Å². The summed E-state index contributed by atoms with van der Waals surface area (Å²) in [4.78, 5) is 11.8. The van der Waals surface area contributed by atoms with E-state index in [1.807, 2.05) is 40.9 Å². The molecule has 0 amide bonds. The molecule has 160 valence electrons. The minimum atomic E-state index is -1.75. The zero-order valence-corrected chi connectivity index (χ0v) is 19.3. The lowest BCUT2D eigenvalue weighted by atomic mass is 10.0. The van der Waals surface area contributed by atoms with E-state index in [1.165, 1.54) is 24.1 Å². The lowest BCUT2D eigenvalue weighted by molar-refractivity contribution is 0.0558. The molecule has 1 N–H and O–H groups in total. The molecule has 1 atom stereocenters. The molecule has 0 saturated carbocycles. The topological polar surface area (TPSA) is 77.0 Å². The van der Waals surface area contributed by atoms with Crippen LogP contribution in [0.2, 0.25) is 19.6 Å². The van der Waals surface area contributed by atoms with Crippen LogP contribution in [0.5, 0.6) is 0 Å². The van der Waals surface area contributed by atoms with E-state index in [0.717, 1.165) is 11.1 Å². The van der Waals surface area contributed by atoms with Crippen molar-refractivity contribution < 1.29 is 19.1 Å². The molecule has 6 nitrogen and oxygen atoms in total. The molecule has 1 aromatic carbocycles. The van der Waals surface area contributed by atoms with Crippen molar-refractivity contribution in [2.75, 3.05) is 7.11 Å². The number of pyridine rings is 1. The van der Waals surface area contributed by atoms with Crippen LogP contribution in [0.4, 0.5) is 0 Å². The first-order valence-electron chi connectivity index (χ1n) is 10.2. The number of methoxy groups -OCH3 is 1. The summed E-state index contributed by atoms with van der Waals surface area (Å²) < 4.78 is 12.3. The predicted molar refractivity (Wildman–Crippen MR) is 122 cm³/mol. The Morgan fingerprint density at radius 2 is 1.81 bits per heavy atom. The summed E-state index contributed by atoms with van der Waals surface area (Å²) in [7, 11) is -0.457. The second-order valence-electron chi connectivity index (χ2n) is 8.64. The monoisotopic (exact) mass is 434 g/mol. The fourth-order valence-corrected chi connectivity index (χ4v) is 6.14. The lowest BCUT2D eigenvalue weighted by Gasteiger charge is -2.21. The van der Waals surface area contributed by atoms with Gasteiger partial charge in [0.15, 0.2) is 0 Å². The van der Waals surface area contributed by atoms with Gasteiger partial charge in [0.25, 0.3) is 0 Å². The van der Waals surface area contributed by atoms with Crippen molar-refractivity contribution in [2.45, 2.75) is 32.7 Å². The van der Waals surface area contributed by atoms with Gasteiger partial charge in [-0.1, -0.05) is 56.0 Å². The van der Waals surface area contributed by atoms with Crippen LogP contribution in [0.25, 0.3) is 16.8 Å². The Hall–Kier alpha value is -3.16. The number of furan rings is 1. The number of fused-ring (bicyclic) bond motifs is 1. The Balaban J connectivity index is 1.99. The molecule has 3 heterocycles. The summed E-state index contributed by atoms with van der Waals surface area (Å²) in [5, 5.41) is 17.5. The molecule has 0 aliphatic rings. The van der Waals surface area contributed by atoms with Gasteiger partial charge in [0.05, 0.1) is 18.3 Å². The van der Waals surface area contributed by atoms with Crippen LogP contribution in [0.15, 0.2) is 59.0 Å². The third-order valence-corrected chi connectivity index (χ3v) is 7.38. The van der Waals surface area contributed by atoms with Gasteiger partial charge in [-0.3, -0.25) is 0 Å². The van der Waals surface area contributed by atoms with Gasteiger partial charge in [-0.05, 0) is 30.7 Å². The molecular weight excluding hydrogens is 408 g/mol. The molecule has 0 aliphatic heterocycles. The number of aliphatic hydroxyl groups excluding tert-OH is 1. The summed E-state index contributed by atoms with van der Waals surface area (Å²) in [6.45, 7) is 8.94. The Morgan fingerprint density at radius 1 is 1.10 bits per heavy atom. The van der Waals surface area contributed by atoms with E-state index in [1.54, 1.807) is 6.07 Å². The van der Waals surface area contributed by atoms with Gasteiger partial charge in [0.1, 0.15) is 19.9 Å². The second kappa shape index (κ2) is 7.83. The lowest BCUT2D eigenvalue weighted by Crippen LogP contribution is -2.44. The highest BCUT2D eigenvalue weighted by Crippen LogP contribution is 2.35. The molecule has 1 unspecified atom stereocenters. The van der Waals surface area contributed by atoms with Crippen LogP contribution < -0.4 is 5.32 Å². The van der Waals surface area contributed by atoms with Crippen LogP contribution in [-0.4, -0.2) is 35.9 Å². The summed E-state index contributed by atoms with van der Waals surface area (Å²) in [6.07, 6.45) is -1.09. The number of rotatable bonds is 5. The van der Waals surface area contributed by atoms with E-state index in [2.05, 4.69) is 32.6 Å². The van der Waals surface area contributed by atoms with Crippen molar-refractivity contribution in [3.63, 3.8) is 0 Å². The van der Waals surface area contributed by atoms with Crippen molar-refractivity contribution in [3.05, 3.63) is 77.2 Å². The van der Waals surface area contributed by atoms with Crippen molar-refractivity contribution in [1.82, 2.24) is 9.61 Å². The van der Waals surface area contributed by atoms with Gasteiger partial charge < -0.3 is 14.3 Å². The van der Waals surface area contributed by atoms with Gasteiger partial charge in [-0.2, -0.15) is 5.10 Å². The first-order chi connectivity index (χ1) is 14.7. The number of esters is 1.